The van der Waals surface area contributed by atoms with Gasteiger partial charge in [-0.2, -0.15) is 0 Å². The Morgan fingerprint density at radius 1 is 1.25 bits per heavy atom. The van der Waals surface area contributed by atoms with Gasteiger partial charge in [-0.05, 0) is 17.7 Å². The zero-order valence-electron chi connectivity index (χ0n) is 11.4. The summed E-state index contributed by atoms with van der Waals surface area (Å²) < 4.78 is 0. The SMILES string of the molecule is CN(C)c1ncccc1NCc1ccc([N+](=O)[O-])cc1. The number of pyridine rings is 1. The Bertz CT molecular complexity index is 596. The van der Waals surface area contributed by atoms with Crippen molar-refractivity contribution in [2.75, 3.05) is 24.3 Å². The summed E-state index contributed by atoms with van der Waals surface area (Å²) in [6.07, 6.45) is 1.74. The lowest BCUT2D eigenvalue weighted by Gasteiger charge is -2.16. The number of nitrogens with zero attached hydrogens (tertiary/aromatic N) is 3. The fourth-order valence-corrected chi connectivity index (χ4v) is 1.82. The molecule has 0 saturated heterocycles. The smallest absolute Gasteiger partial charge is 0.269 e. The maximum atomic E-state index is 10.6. The number of rotatable bonds is 5. The molecule has 1 aromatic carbocycles. The summed E-state index contributed by atoms with van der Waals surface area (Å²) in [7, 11) is 3.86. The van der Waals surface area contributed by atoms with Crippen LogP contribution in [0.5, 0.6) is 0 Å². The monoisotopic (exact) mass is 272 g/mol. The molecule has 104 valence electrons. The van der Waals surface area contributed by atoms with Crippen molar-refractivity contribution in [2.24, 2.45) is 0 Å². The van der Waals surface area contributed by atoms with Gasteiger partial charge in [-0.1, -0.05) is 12.1 Å². The van der Waals surface area contributed by atoms with Gasteiger partial charge in [0.15, 0.2) is 5.82 Å². The van der Waals surface area contributed by atoms with Crippen molar-refractivity contribution in [3.63, 3.8) is 0 Å². The van der Waals surface area contributed by atoms with E-state index in [1.54, 1.807) is 18.3 Å². The van der Waals surface area contributed by atoms with E-state index in [0.717, 1.165) is 17.1 Å². The van der Waals surface area contributed by atoms with E-state index in [1.165, 1.54) is 12.1 Å². The number of nitro groups is 1. The van der Waals surface area contributed by atoms with Crippen molar-refractivity contribution in [1.29, 1.82) is 0 Å². The van der Waals surface area contributed by atoms with Crippen LogP contribution in [-0.2, 0) is 6.54 Å². The molecule has 6 heteroatoms. The number of non-ortho nitro benzene ring substituents is 1. The summed E-state index contributed by atoms with van der Waals surface area (Å²) in [5.74, 6) is 0.856. The van der Waals surface area contributed by atoms with Crippen molar-refractivity contribution in [3.8, 4) is 0 Å². The molecular formula is C14H16N4O2. The molecule has 2 rings (SSSR count). The number of nitrogens with one attached hydrogen (secondary N) is 1. The van der Waals surface area contributed by atoms with Gasteiger partial charge in [-0.3, -0.25) is 10.1 Å². The van der Waals surface area contributed by atoms with E-state index in [0.29, 0.717) is 6.54 Å². The van der Waals surface area contributed by atoms with E-state index < -0.39 is 4.92 Å². The second-order valence-electron chi connectivity index (χ2n) is 4.55. The molecule has 1 aromatic heterocycles. The van der Waals surface area contributed by atoms with Gasteiger partial charge in [0.05, 0.1) is 10.6 Å². The molecule has 6 nitrogen and oxygen atoms in total. The predicted octanol–water partition coefficient (Wildman–Crippen LogP) is 2.67. The maximum absolute atomic E-state index is 10.6. The fraction of sp³-hybridized carbons (Fsp3) is 0.214. The Balaban J connectivity index is 2.07. The average molecular weight is 272 g/mol. The highest BCUT2D eigenvalue weighted by Gasteiger charge is 2.06. The van der Waals surface area contributed by atoms with E-state index in [9.17, 15) is 10.1 Å². The Labute approximate surface area is 117 Å². The van der Waals surface area contributed by atoms with Gasteiger partial charge >= 0.3 is 0 Å². The molecule has 20 heavy (non-hydrogen) atoms. The molecule has 1 N–H and O–H groups in total. The van der Waals surface area contributed by atoms with Crippen LogP contribution in [0.1, 0.15) is 5.56 Å². The second kappa shape index (κ2) is 6.01. The highest BCUT2D eigenvalue weighted by Crippen LogP contribution is 2.21. The minimum absolute atomic E-state index is 0.101. The van der Waals surface area contributed by atoms with E-state index in [2.05, 4.69) is 10.3 Å². The first-order chi connectivity index (χ1) is 9.58. The number of nitro benzene ring substituents is 1. The molecule has 0 fully saturated rings. The third-order valence-corrected chi connectivity index (χ3v) is 2.84. The second-order valence-corrected chi connectivity index (χ2v) is 4.55. The third kappa shape index (κ3) is 3.23. The predicted molar refractivity (Wildman–Crippen MR) is 79.0 cm³/mol. The Hall–Kier alpha value is -2.63. The molecule has 0 aliphatic heterocycles. The minimum Gasteiger partial charge on any atom is -0.378 e. The number of benzene rings is 1. The molecule has 0 amide bonds. The summed E-state index contributed by atoms with van der Waals surface area (Å²) in [5.41, 5.74) is 2.00. The van der Waals surface area contributed by atoms with Gasteiger partial charge in [-0.25, -0.2) is 4.98 Å². The topological polar surface area (TPSA) is 71.3 Å². The highest BCUT2D eigenvalue weighted by molar-refractivity contribution is 5.64. The number of anilines is 2. The maximum Gasteiger partial charge on any atom is 0.269 e. The van der Waals surface area contributed by atoms with Crippen LogP contribution in [0.15, 0.2) is 42.6 Å². The van der Waals surface area contributed by atoms with Crippen molar-refractivity contribution < 1.29 is 4.92 Å². The van der Waals surface area contributed by atoms with Crippen LogP contribution in [0.25, 0.3) is 0 Å². The van der Waals surface area contributed by atoms with E-state index in [4.69, 9.17) is 0 Å². The molecule has 0 aliphatic carbocycles. The summed E-state index contributed by atoms with van der Waals surface area (Å²) >= 11 is 0. The van der Waals surface area contributed by atoms with Gasteiger partial charge < -0.3 is 10.2 Å². The normalized spacial score (nSPS) is 10.1. The molecule has 2 aromatic rings. The first-order valence-electron chi connectivity index (χ1n) is 6.17. The highest BCUT2D eigenvalue weighted by atomic mass is 16.6. The van der Waals surface area contributed by atoms with Gasteiger partial charge in [0.2, 0.25) is 0 Å². The van der Waals surface area contributed by atoms with Gasteiger partial charge in [-0.15, -0.1) is 0 Å². The number of hydrogen-bond acceptors (Lipinski definition) is 5. The zero-order chi connectivity index (χ0) is 14.5. The van der Waals surface area contributed by atoms with Crippen molar-refractivity contribution in [3.05, 3.63) is 58.3 Å². The van der Waals surface area contributed by atoms with Crippen molar-refractivity contribution >= 4 is 17.2 Å². The van der Waals surface area contributed by atoms with Crippen LogP contribution in [-0.4, -0.2) is 24.0 Å². The van der Waals surface area contributed by atoms with E-state index in [-0.39, 0.29) is 5.69 Å². The van der Waals surface area contributed by atoms with Crippen LogP contribution in [0.2, 0.25) is 0 Å². The van der Waals surface area contributed by atoms with Gasteiger partial charge in [0.1, 0.15) is 0 Å². The zero-order valence-corrected chi connectivity index (χ0v) is 11.4. The summed E-state index contributed by atoms with van der Waals surface area (Å²) in [4.78, 5) is 16.4. The third-order valence-electron chi connectivity index (χ3n) is 2.84. The molecule has 0 atom stereocenters. The fourth-order valence-electron chi connectivity index (χ4n) is 1.82. The molecule has 0 spiro atoms. The van der Waals surface area contributed by atoms with E-state index >= 15 is 0 Å². The average Bonchev–Trinajstić information content (AvgIpc) is 2.45. The minimum atomic E-state index is -0.400. The lowest BCUT2D eigenvalue weighted by Crippen LogP contribution is -2.13. The Kier molecular flexibility index (Phi) is 4.14. The Morgan fingerprint density at radius 3 is 2.55 bits per heavy atom. The molecular weight excluding hydrogens is 256 g/mol. The van der Waals surface area contributed by atoms with Gasteiger partial charge in [0.25, 0.3) is 5.69 Å². The van der Waals surface area contributed by atoms with Crippen molar-refractivity contribution in [1.82, 2.24) is 4.98 Å². The van der Waals surface area contributed by atoms with Crippen LogP contribution in [0.3, 0.4) is 0 Å². The Morgan fingerprint density at radius 2 is 1.95 bits per heavy atom. The van der Waals surface area contributed by atoms with E-state index in [1.807, 2.05) is 31.1 Å². The molecule has 0 aliphatic rings. The molecule has 0 bridgehead atoms. The summed E-state index contributed by atoms with van der Waals surface area (Å²) in [5, 5.41) is 13.9. The quantitative estimate of drug-likeness (QED) is 0.669. The van der Waals surface area contributed by atoms with Crippen LogP contribution < -0.4 is 10.2 Å². The summed E-state index contributed by atoms with van der Waals surface area (Å²) in [6.45, 7) is 0.588. The van der Waals surface area contributed by atoms with Crippen LogP contribution in [0, 0.1) is 10.1 Å². The largest absolute Gasteiger partial charge is 0.378 e. The first kappa shape index (κ1) is 13.8. The molecule has 0 saturated carbocycles. The van der Waals surface area contributed by atoms with Crippen LogP contribution in [0.4, 0.5) is 17.2 Å². The van der Waals surface area contributed by atoms with Gasteiger partial charge in [0, 0.05) is 39.0 Å². The summed E-state index contributed by atoms with van der Waals surface area (Å²) in [6, 6.07) is 10.3. The molecule has 1 heterocycles. The lowest BCUT2D eigenvalue weighted by molar-refractivity contribution is -0.384. The first-order valence-corrected chi connectivity index (χ1v) is 6.17. The van der Waals surface area contributed by atoms with Crippen molar-refractivity contribution in [2.45, 2.75) is 6.54 Å². The lowest BCUT2D eigenvalue weighted by atomic mass is 10.2. The number of aromatic nitrogens is 1. The molecule has 0 radical (unpaired) electrons. The standard InChI is InChI=1S/C14H16N4O2/c1-17(2)14-13(4-3-9-15-14)16-10-11-5-7-12(8-6-11)18(19)20/h3-9,16H,10H2,1-2H3. The van der Waals surface area contributed by atoms with Crippen LogP contribution >= 0.6 is 0 Å². The molecule has 0 unspecified atom stereocenters. The number of hydrogen-bond donors (Lipinski definition) is 1.